The quantitative estimate of drug-likeness (QED) is 0.583. The van der Waals surface area contributed by atoms with Gasteiger partial charge in [-0.1, -0.05) is 18.2 Å². The van der Waals surface area contributed by atoms with Crippen molar-refractivity contribution < 1.29 is 14.6 Å². The molecule has 1 N–H and O–H groups in total. The number of fused-ring (bicyclic) bond motifs is 1. The highest BCUT2D eigenvalue weighted by Gasteiger charge is 2.53. The molecule has 0 aromatic carbocycles. The first-order valence-electron chi connectivity index (χ1n) is 5.73. The summed E-state index contributed by atoms with van der Waals surface area (Å²) in [4.78, 5) is 10.8. The summed E-state index contributed by atoms with van der Waals surface area (Å²) in [7, 11) is 0. The average Bonchev–Trinajstić information content (AvgIpc) is 2.68. The van der Waals surface area contributed by atoms with Crippen molar-refractivity contribution in [1.29, 1.82) is 0 Å². The number of carbonyl (C=O) groups is 1. The van der Waals surface area contributed by atoms with Crippen molar-refractivity contribution in [2.75, 3.05) is 6.61 Å². The Kier molecular flexibility index (Phi) is 2.89. The van der Waals surface area contributed by atoms with Gasteiger partial charge in [-0.3, -0.25) is 4.79 Å². The van der Waals surface area contributed by atoms with Gasteiger partial charge in [-0.05, 0) is 12.8 Å². The number of aliphatic hydroxyl groups is 1. The maximum atomic E-state index is 10.8. The molecular weight excluding hydrogens is 204 g/mol. The van der Waals surface area contributed by atoms with E-state index in [-0.39, 0.29) is 23.7 Å². The van der Waals surface area contributed by atoms with Crippen LogP contribution in [0.5, 0.6) is 0 Å². The summed E-state index contributed by atoms with van der Waals surface area (Å²) < 4.78 is 5.05. The van der Waals surface area contributed by atoms with E-state index in [0.717, 1.165) is 6.42 Å². The third-order valence-corrected chi connectivity index (χ3v) is 3.85. The molecule has 4 atom stereocenters. The molecule has 0 radical (unpaired) electrons. The van der Waals surface area contributed by atoms with Crippen LogP contribution in [0.4, 0.5) is 0 Å². The van der Waals surface area contributed by atoms with Crippen LogP contribution in [0.25, 0.3) is 0 Å². The molecule has 0 aromatic rings. The van der Waals surface area contributed by atoms with Gasteiger partial charge in [0.2, 0.25) is 0 Å². The maximum Gasteiger partial charge on any atom is 0.302 e. The fourth-order valence-electron chi connectivity index (χ4n) is 3.08. The number of hydrogen-bond donors (Lipinski definition) is 1. The van der Waals surface area contributed by atoms with Crippen LogP contribution in [0.3, 0.4) is 0 Å². The van der Waals surface area contributed by atoms with E-state index in [1.165, 1.54) is 6.92 Å². The summed E-state index contributed by atoms with van der Waals surface area (Å²) in [6.07, 6.45) is 7.47. The Morgan fingerprint density at radius 2 is 2.50 bits per heavy atom. The molecule has 2 aliphatic carbocycles. The highest BCUT2D eigenvalue weighted by Crippen LogP contribution is 2.51. The predicted octanol–water partition coefficient (Wildman–Crippen LogP) is 1.68. The van der Waals surface area contributed by atoms with Gasteiger partial charge in [-0.25, -0.2) is 0 Å². The zero-order valence-corrected chi connectivity index (χ0v) is 9.56. The van der Waals surface area contributed by atoms with Crippen LogP contribution in [0, 0.1) is 17.8 Å². The van der Waals surface area contributed by atoms with Gasteiger partial charge in [0.15, 0.2) is 0 Å². The minimum atomic E-state index is -0.688. The van der Waals surface area contributed by atoms with Gasteiger partial charge < -0.3 is 9.84 Å². The van der Waals surface area contributed by atoms with Crippen molar-refractivity contribution in [3.8, 4) is 0 Å². The van der Waals surface area contributed by atoms with E-state index >= 15 is 0 Å². The largest absolute Gasteiger partial charge is 0.466 e. The fraction of sp³-hybridized carbons (Fsp3) is 0.615. The van der Waals surface area contributed by atoms with E-state index in [9.17, 15) is 9.90 Å². The Morgan fingerprint density at radius 1 is 1.75 bits per heavy atom. The first-order chi connectivity index (χ1) is 7.58. The Balaban J connectivity index is 2.08. The number of carbonyl (C=O) groups excluding carboxylic acids is 1. The molecule has 0 amide bonds. The van der Waals surface area contributed by atoms with Crippen molar-refractivity contribution in [2.24, 2.45) is 17.8 Å². The molecule has 0 unspecified atom stereocenters. The van der Waals surface area contributed by atoms with E-state index in [0.29, 0.717) is 13.0 Å². The molecule has 0 bridgehead atoms. The van der Waals surface area contributed by atoms with Crippen molar-refractivity contribution in [3.05, 3.63) is 24.8 Å². The van der Waals surface area contributed by atoms with Crippen LogP contribution in [0.15, 0.2) is 24.8 Å². The van der Waals surface area contributed by atoms with E-state index in [1.807, 2.05) is 6.08 Å². The van der Waals surface area contributed by atoms with E-state index < -0.39 is 5.60 Å². The summed E-state index contributed by atoms with van der Waals surface area (Å²) in [5.41, 5.74) is -0.688. The van der Waals surface area contributed by atoms with Gasteiger partial charge in [-0.2, -0.15) is 0 Å². The molecule has 1 fully saturated rings. The smallest absolute Gasteiger partial charge is 0.302 e. The second-order valence-electron chi connectivity index (χ2n) is 4.79. The molecule has 3 nitrogen and oxygen atoms in total. The Labute approximate surface area is 95.8 Å². The van der Waals surface area contributed by atoms with Gasteiger partial charge in [-0.15, -0.1) is 6.58 Å². The molecule has 0 aliphatic heterocycles. The summed E-state index contributed by atoms with van der Waals surface area (Å²) in [5.74, 6) is 0.145. The average molecular weight is 222 g/mol. The zero-order chi connectivity index (χ0) is 11.8. The fourth-order valence-corrected chi connectivity index (χ4v) is 3.08. The summed E-state index contributed by atoms with van der Waals surface area (Å²) in [6, 6.07) is 0. The SMILES string of the molecule is C=C[C@H]1[C@@H](COC(C)=O)C[C@H]2C=CC[C@]21O. The monoisotopic (exact) mass is 222 g/mol. The molecule has 1 saturated carbocycles. The lowest BCUT2D eigenvalue weighted by Crippen LogP contribution is -2.37. The van der Waals surface area contributed by atoms with Crippen LogP contribution in [-0.2, 0) is 9.53 Å². The normalized spacial score (nSPS) is 40.8. The minimum Gasteiger partial charge on any atom is -0.466 e. The standard InChI is InChI=1S/C13H18O3/c1-3-12-10(8-16-9(2)14)7-11-5-4-6-13(11,12)15/h3-5,10-12,15H,1,6-8H2,2H3/t10-,11-,12+,13+/m1/s1. The van der Waals surface area contributed by atoms with Crippen molar-refractivity contribution in [3.63, 3.8) is 0 Å². The topological polar surface area (TPSA) is 46.5 Å². The molecule has 16 heavy (non-hydrogen) atoms. The lowest BCUT2D eigenvalue weighted by atomic mass is 9.83. The molecule has 0 aromatic heterocycles. The predicted molar refractivity (Wildman–Crippen MR) is 60.6 cm³/mol. The van der Waals surface area contributed by atoms with Gasteiger partial charge in [0.05, 0.1) is 12.2 Å². The molecule has 0 heterocycles. The highest BCUT2D eigenvalue weighted by molar-refractivity contribution is 5.65. The summed E-state index contributed by atoms with van der Waals surface area (Å²) in [6.45, 7) is 5.59. The first-order valence-corrected chi connectivity index (χ1v) is 5.73. The number of rotatable bonds is 3. The van der Waals surface area contributed by atoms with Gasteiger partial charge in [0.1, 0.15) is 0 Å². The molecule has 0 saturated heterocycles. The molecule has 2 aliphatic rings. The van der Waals surface area contributed by atoms with Gasteiger partial charge in [0.25, 0.3) is 0 Å². The number of ether oxygens (including phenoxy) is 1. The Hall–Kier alpha value is -1.09. The van der Waals surface area contributed by atoms with E-state index in [4.69, 9.17) is 4.74 Å². The molecule has 3 heteroatoms. The second kappa shape index (κ2) is 4.06. The van der Waals surface area contributed by atoms with Crippen LogP contribution in [0.1, 0.15) is 19.8 Å². The van der Waals surface area contributed by atoms with Crippen LogP contribution in [-0.4, -0.2) is 23.3 Å². The summed E-state index contributed by atoms with van der Waals surface area (Å²) >= 11 is 0. The van der Waals surface area contributed by atoms with Crippen molar-refractivity contribution in [1.82, 2.24) is 0 Å². The number of esters is 1. The molecule has 2 rings (SSSR count). The molecule has 88 valence electrons. The lowest BCUT2D eigenvalue weighted by molar-refractivity contribution is -0.142. The zero-order valence-electron chi connectivity index (χ0n) is 9.56. The van der Waals surface area contributed by atoms with Crippen molar-refractivity contribution >= 4 is 5.97 Å². The Bertz CT molecular complexity index is 334. The van der Waals surface area contributed by atoms with Crippen LogP contribution < -0.4 is 0 Å². The maximum absolute atomic E-state index is 10.8. The second-order valence-corrected chi connectivity index (χ2v) is 4.79. The van der Waals surface area contributed by atoms with Gasteiger partial charge >= 0.3 is 5.97 Å². The van der Waals surface area contributed by atoms with Crippen LogP contribution >= 0.6 is 0 Å². The lowest BCUT2D eigenvalue weighted by Gasteiger charge is -2.29. The van der Waals surface area contributed by atoms with E-state index in [1.54, 1.807) is 6.08 Å². The summed E-state index contributed by atoms with van der Waals surface area (Å²) in [5, 5.41) is 10.6. The van der Waals surface area contributed by atoms with Crippen LogP contribution in [0.2, 0.25) is 0 Å². The molecular formula is C13H18O3. The third kappa shape index (κ3) is 1.69. The highest BCUT2D eigenvalue weighted by atomic mass is 16.5. The molecule has 0 spiro atoms. The number of hydrogen-bond acceptors (Lipinski definition) is 3. The van der Waals surface area contributed by atoms with Gasteiger partial charge in [0, 0.05) is 24.7 Å². The minimum absolute atomic E-state index is 0.0202. The van der Waals surface area contributed by atoms with E-state index in [2.05, 4.69) is 12.7 Å². The third-order valence-electron chi connectivity index (χ3n) is 3.85. The first kappa shape index (κ1) is 11.4. The Morgan fingerprint density at radius 3 is 3.12 bits per heavy atom. The van der Waals surface area contributed by atoms with Crippen molar-refractivity contribution in [2.45, 2.75) is 25.4 Å².